The van der Waals surface area contributed by atoms with Crippen LogP contribution < -0.4 is 31.7 Å². The van der Waals surface area contributed by atoms with E-state index in [1.807, 2.05) is 6.08 Å². The summed E-state index contributed by atoms with van der Waals surface area (Å²) in [7, 11) is -3.62. The number of rotatable bonds is 11. The van der Waals surface area contributed by atoms with Gasteiger partial charge >= 0.3 is 0 Å². The van der Waals surface area contributed by atoms with Crippen LogP contribution in [0.25, 0.3) is 5.70 Å². The maximum absolute atomic E-state index is 12.7. The zero-order chi connectivity index (χ0) is 26.0. The first-order valence-corrected chi connectivity index (χ1v) is 13.6. The molecule has 196 valence electrons. The summed E-state index contributed by atoms with van der Waals surface area (Å²) < 4.78 is 28.3. The second-order valence-electron chi connectivity index (χ2n) is 8.65. The summed E-state index contributed by atoms with van der Waals surface area (Å²) in [6.45, 7) is 4.37. The van der Waals surface area contributed by atoms with E-state index in [1.165, 1.54) is 6.92 Å². The number of hydrogen-bond donors (Lipinski definition) is 6. The van der Waals surface area contributed by atoms with Crippen LogP contribution in [0.5, 0.6) is 0 Å². The largest absolute Gasteiger partial charge is 0.390 e. The molecule has 1 aromatic rings. The minimum absolute atomic E-state index is 0.0695. The smallest absolute Gasteiger partial charge is 0.244 e. The Labute approximate surface area is 212 Å². The van der Waals surface area contributed by atoms with Gasteiger partial charge in [0.1, 0.15) is 5.84 Å². The first-order valence-electron chi connectivity index (χ1n) is 12.1. The van der Waals surface area contributed by atoms with Gasteiger partial charge in [0.15, 0.2) is 0 Å². The van der Waals surface area contributed by atoms with E-state index in [0.29, 0.717) is 56.1 Å². The molecular formula is C24H35N7O4S. The fourth-order valence-corrected chi connectivity index (χ4v) is 5.12. The van der Waals surface area contributed by atoms with Crippen molar-refractivity contribution in [3.8, 4) is 0 Å². The van der Waals surface area contributed by atoms with Gasteiger partial charge in [-0.3, -0.25) is 9.59 Å². The lowest BCUT2D eigenvalue weighted by atomic mass is 10.1. The number of nitrogens with one attached hydrogen (secondary N) is 5. The molecule has 12 heteroatoms. The summed E-state index contributed by atoms with van der Waals surface area (Å²) in [5.41, 5.74) is 7.50. The molecule has 2 amide bonds. The number of benzene rings is 1. The Hall–Kier alpha value is -3.06. The normalized spacial score (nSPS) is 20.2. The molecule has 0 aliphatic carbocycles. The summed E-state index contributed by atoms with van der Waals surface area (Å²) in [5.74, 6) is -0.00492. The Kier molecular flexibility index (Phi) is 10.2. The third-order valence-electron chi connectivity index (χ3n) is 5.64. The van der Waals surface area contributed by atoms with Gasteiger partial charge in [-0.25, -0.2) is 13.1 Å². The molecular weight excluding hydrogens is 482 g/mol. The van der Waals surface area contributed by atoms with Gasteiger partial charge in [0.2, 0.25) is 21.8 Å². The molecule has 0 spiro atoms. The number of nitrogens with two attached hydrogens (primary N) is 1. The van der Waals surface area contributed by atoms with E-state index in [4.69, 9.17) is 5.73 Å². The lowest BCUT2D eigenvalue weighted by Crippen LogP contribution is -2.45. The number of amides is 2. The number of amidine groups is 1. The van der Waals surface area contributed by atoms with Crippen molar-refractivity contribution in [2.24, 2.45) is 10.7 Å². The van der Waals surface area contributed by atoms with Crippen molar-refractivity contribution in [3.05, 3.63) is 47.7 Å². The molecule has 36 heavy (non-hydrogen) atoms. The first-order chi connectivity index (χ1) is 17.3. The zero-order valence-electron chi connectivity index (χ0n) is 20.5. The highest BCUT2D eigenvalue weighted by Crippen LogP contribution is 2.23. The van der Waals surface area contributed by atoms with E-state index >= 15 is 0 Å². The van der Waals surface area contributed by atoms with Crippen LogP contribution in [0, 0.1) is 0 Å². The molecule has 1 fully saturated rings. The Balaban J connectivity index is 1.63. The van der Waals surface area contributed by atoms with E-state index in [9.17, 15) is 18.0 Å². The van der Waals surface area contributed by atoms with Gasteiger partial charge in [-0.1, -0.05) is 12.1 Å². The van der Waals surface area contributed by atoms with Crippen LogP contribution in [0.15, 0.2) is 52.0 Å². The van der Waals surface area contributed by atoms with E-state index in [0.717, 1.165) is 24.9 Å². The van der Waals surface area contributed by atoms with Crippen molar-refractivity contribution in [3.63, 3.8) is 0 Å². The summed E-state index contributed by atoms with van der Waals surface area (Å²) in [6, 6.07) is 6.46. The molecule has 0 aromatic heterocycles. The number of hydrogen-bond acceptors (Lipinski definition) is 7. The lowest BCUT2D eigenvalue weighted by molar-refractivity contribution is -0.121. The predicted molar refractivity (Wildman–Crippen MR) is 139 cm³/mol. The van der Waals surface area contributed by atoms with Gasteiger partial charge in [-0.05, 0) is 49.6 Å². The van der Waals surface area contributed by atoms with Gasteiger partial charge in [0.05, 0.1) is 4.90 Å². The molecule has 3 rings (SSSR count). The Morgan fingerprint density at radius 2 is 2.00 bits per heavy atom. The van der Waals surface area contributed by atoms with Crippen molar-refractivity contribution in [1.82, 2.24) is 26.0 Å². The van der Waals surface area contributed by atoms with Crippen LogP contribution in [-0.2, 0) is 19.6 Å². The summed E-state index contributed by atoms with van der Waals surface area (Å²) in [4.78, 5) is 27.3. The molecule has 1 saturated heterocycles. The number of sulfonamides is 1. The first kappa shape index (κ1) is 27.5. The summed E-state index contributed by atoms with van der Waals surface area (Å²) >= 11 is 0. The van der Waals surface area contributed by atoms with Crippen molar-refractivity contribution >= 4 is 33.4 Å². The number of carbonyl (C=O) groups excluding carboxylic acids is 2. The number of piperidine rings is 1. The van der Waals surface area contributed by atoms with Gasteiger partial charge in [-0.15, -0.1) is 0 Å². The van der Waals surface area contributed by atoms with Crippen LogP contribution in [0.1, 0.15) is 38.2 Å². The Bertz CT molecular complexity index is 1120. The maximum atomic E-state index is 12.7. The predicted octanol–water partition coefficient (Wildman–Crippen LogP) is -0.0654. The molecule has 0 bridgehead atoms. The average molecular weight is 518 g/mol. The number of carbonyl (C=O) groups is 2. The molecule has 0 saturated carbocycles. The fourth-order valence-electron chi connectivity index (χ4n) is 3.85. The molecule has 7 N–H and O–H groups in total. The molecule has 1 aromatic carbocycles. The van der Waals surface area contributed by atoms with Crippen molar-refractivity contribution in [1.29, 1.82) is 0 Å². The molecule has 0 radical (unpaired) electrons. The molecule has 2 heterocycles. The van der Waals surface area contributed by atoms with Crippen molar-refractivity contribution in [2.75, 3.05) is 32.7 Å². The summed E-state index contributed by atoms with van der Waals surface area (Å²) in [5, 5.41) is 12.3. The molecule has 2 aliphatic heterocycles. The topological polar surface area (TPSA) is 167 Å². The minimum Gasteiger partial charge on any atom is -0.390 e. The van der Waals surface area contributed by atoms with Crippen LogP contribution in [-0.4, -0.2) is 64.8 Å². The monoisotopic (exact) mass is 517 g/mol. The average Bonchev–Trinajstić information content (AvgIpc) is 3.23. The molecule has 0 unspecified atom stereocenters. The quantitative estimate of drug-likeness (QED) is 0.222. The molecule has 11 nitrogen and oxygen atoms in total. The highest BCUT2D eigenvalue weighted by Gasteiger charge is 2.23. The highest BCUT2D eigenvalue weighted by atomic mass is 32.2. The summed E-state index contributed by atoms with van der Waals surface area (Å²) in [6.07, 6.45) is 6.36. The van der Waals surface area contributed by atoms with Crippen molar-refractivity contribution in [2.45, 2.75) is 43.5 Å². The zero-order valence-corrected chi connectivity index (χ0v) is 21.3. The second-order valence-corrected chi connectivity index (χ2v) is 10.4. The maximum Gasteiger partial charge on any atom is 0.244 e. The van der Waals surface area contributed by atoms with E-state index in [2.05, 4.69) is 31.0 Å². The van der Waals surface area contributed by atoms with Gasteiger partial charge in [-0.2, -0.15) is 4.99 Å². The van der Waals surface area contributed by atoms with Crippen LogP contribution in [0.2, 0.25) is 0 Å². The number of nitrogens with zero attached hydrogens (tertiary/aromatic N) is 1. The third kappa shape index (κ3) is 8.26. The minimum atomic E-state index is -3.62. The van der Waals surface area contributed by atoms with Gasteiger partial charge in [0.25, 0.3) is 0 Å². The van der Waals surface area contributed by atoms with E-state index < -0.39 is 10.0 Å². The molecule has 1 atom stereocenters. The van der Waals surface area contributed by atoms with Crippen LogP contribution in [0.3, 0.4) is 0 Å². The van der Waals surface area contributed by atoms with E-state index in [1.54, 1.807) is 30.5 Å². The van der Waals surface area contributed by atoms with Gasteiger partial charge < -0.3 is 27.0 Å². The lowest BCUT2D eigenvalue weighted by Gasteiger charge is -2.23. The van der Waals surface area contributed by atoms with E-state index in [-0.39, 0.29) is 22.8 Å². The Morgan fingerprint density at radius 3 is 2.67 bits per heavy atom. The molecule has 2 aliphatic rings. The van der Waals surface area contributed by atoms with Crippen LogP contribution in [0.4, 0.5) is 0 Å². The fraction of sp³-hybridized carbons (Fsp3) is 0.458. The van der Waals surface area contributed by atoms with Gasteiger partial charge in [0, 0.05) is 63.0 Å². The SMILES string of the molecule is CC(=O)/N=C1/NC(c2ccc(S(=O)(=O)N[C@@H]3CCCNC3)cc2)=C/C1=C/NCCCNC(=O)CCN. The van der Waals surface area contributed by atoms with Crippen LogP contribution >= 0.6 is 0 Å². The number of aliphatic imine (C=N–C) groups is 1. The second kappa shape index (κ2) is 13.3. The Morgan fingerprint density at radius 1 is 1.22 bits per heavy atom. The highest BCUT2D eigenvalue weighted by molar-refractivity contribution is 7.89. The third-order valence-corrected chi connectivity index (χ3v) is 7.18. The van der Waals surface area contributed by atoms with Crippen molar-refractivity contribution < 1.29 is 18.0 Å². The standard InChI is InChI=1S/C24H35N7O4S/c1-17(32)29-24-19(15-26-12-3-13-28-23(33)9-10-25)14-22(30-24)18-5-7-21(8-6-18)36(34,35)31-20-4-2-11-27-16-20/h5-8,14-15,20,26-27,31H,2-4,9-13,16,25H2,1H3,(H,28,33)(H,29,30,32)/b19-15-/t20-/m1/s1.